The van der Waals surface area contributed by atoms with Crippen molar-refractivity contribution in [1.29, 1.82) is 0 Å². The smallest absolute Gasteiger partial charge is 0.416 e. The minimum absolute atomic E-state index is 0.0201. The number of nitrogens with one attached hydrogen (secondary N) is 1. The summed E-state index contributed by atoms with van der Waals surface area (Å²) in [6.45, 7) is 10.8. The summed E-state index contributed by atoms with van der Waals surface area (Å²) >= 11 is 1.18. The number of nitrogens with zero attached hydrogens (tertiary/aromatic N) is 1. The molecule has 0 bridgehead atoms. The molecule has 0 radical (unpaired) electrons. The van der Waals surface area contributed by atoms with Crippen LogP contribution >= 0.6 is 11.9 Å². The maximum atomic E-state index is 12.8. The van der Waals surface area contributed by atoms with Crippen molar-refractivity contribution in [2.75, 3.05) is 31.6 Å². The second kappa shape index (κ2) is 14.0. The standard InChI is InChI=1S/C16H22O3.C12H17F3N2S/c1-16(2,3)19-15(17)11-18-14-10-6-8-12-7-4-5-9-13(12)14;1-4-17(5-2)10-6-9(12(13,14)15)7-11(8-10)18-16-3/h6,8,10H,4-5,7,9,11H2,1-3H3;6-8,16H,4-5H2,1-3H3. The van der Waals surface area contributed by atoms with Gasteiger partial charge in [-0.1, -0.05) is 12.1 Å². The maximum Gasteiger partial charge on any atom is 0.416 e. The number of alkyl halides is 3. The van der Waals surface area contributed by atoms with Crippen LogP contribution in [-0.2, 0) is 28.5 Å². The number of fused-ring (bicyclic) bond motifs is 1. The van der Waals surface area contributed by atoms with Crippen LogP contribution in [0, 0.1) is 0 Å². The molecule has 1 aliphatic carbocycles. The van der Waals surface area contributed by atoms with Gasteiger partial charge in [-0.15, -0.1) is 0 Å². The Morgan fingerprint density at radius 3 is 2.32 bits per heavy atom. The fourth-order valence-electron chi connectivity index (χ4n) is 4.08. The van der Waals surface area contributed by atoms with E-state index >= 15 is 0 Å². The Kier molecular flexibility index (Phi) is 11.6. The Bertz CT molecular complexity index is 1020. The van der Waals surface area contributed by atoms with Crippen LogP contribution in [0.5, 0.6) is 5.75 Å². The van der Waals surface area contributed by atoms with Crippen LogP contribution in [0.25, 0.3) is 0 Å². The summed E-state index contributed by atoms with van der Waals surface area (Å²) in [6.07, 6.45) is 0.271. The number of aryl methyl sites for hydroxylation is 1. The molecular formula is C28H39F3N2O3S. The first-order chi connectivity index (χ1) is 17.4. The lowest BCUT2D eigenvalue weighted by molar-refractivity contribution is -0.157. The molecular weight excluding hydrogens is 501 g/mol. The van der Waals surface area contributed by atoms with Gasteiger partial charge in [0.1, 0.15) is 11.4 Å². The molecule has 206 valence electrons. The summed E-state index contributed by atoms with van der Waals surface area (Å²) in [5.41, 5.74) is 2.15. The van der Waals surface area contributed by atoms with E-state index in [9.17, 15) is 18.0 Å². The molecule has 2 aromatic carbocycles. The molecule has 0 spiro atoms. The Hall–Kier alpha value is -2.39. The van der Waals surface area contributed by atoms with Gasteiger partial charge in [0, 0.05) is 23.7 Å². The number of hydrogen-bond acceptors (Lipinski definition) is 6. The number of rotatable bonds is 8. The zero-order valence-corrected chi connectivity index (χ0v) is 23.4. The normalized spacial score (nSPS) is 13.2. The molecule has 0 unspecified atom stereocenters. The minimum Gasteiger partial charge on any atom is -0.482 e. The molecule has 37 heavy (non-hydrogen) atoms. The number of halogens is 3. The van der Waals surface area contributed by atoms with Crippen LogP contribution in [0.1, 0.15) is 64.2 Å². The first-order valence-corrected chi connectivity index (χ1v) is 13.5. The van der Waals surface area contributed by atoms with Gasteiger partial charge in [0.05, 0.1) is 5.56 Å². The highest BCUT2D eigenvalue weighted by Gasteiger charge is 2.31. The van der Waals surface area contributed by atoms with Crippen molar-refractivity contribution in [3.05, 3.63) is 53.1 Å². The molecule has 0 amide bonds. The van der Waals surface area contributed by atoms with E-state index < -0.39 is 17.3 Å². The van der Waals surface area contributed by atoms with E-state index in [1.807, 2.05) is 51.7 Å². The summed E-state index contributed by atoms with van der Waals surface area (Å²) in [5.74, 6) is 0.518. The maximum absolute atomic E-state index is 12.8. The Morgan fingerprint density at radius 2 is 1.73 bits per heavy atom. The quantitative estimate of drug-likeness (QED) is 0.286. The van der Waals surface area contributed by atoms with Gasteiger partial charge >= 0.3 is 12.1 Å². The summed E-state index contributed by atoms with van der Waals surface area (Å²) in [6, 6.07) is 10.2. The van der Waals surface area contributed by atoms with Crippen LogP contribution in [0.3, 0.4) is 0 Å². The van der Waals surface area contributed by atoms with Gasteiger partial charge in [-0.2, -0.15) is 13.2 Å². The van der Waals surface area contributed by atoms with Crippen molar-refractivity contribution in [2.45, 2.75) is 77.0 Å². The number of carbonyl (C=O) groups excluding carboxylic acids is 1. The largest absolute Gasteiger partial charge is 0.482 e. The lowest BCUT2D eigenvalue weighted by atomic mass is 9.91. The molecule has 0 heterocycles. The summed E-state index contributed by atoms with van der Waals surface area (Å²) in [7, 11) is 1.68. The van der Waals surface area contributed by atoms with Gasteiger partial charge < -0.3 is 14.4 Å². The highest BCUT2D eigenvalue weighted by Crippen LogP contribution is 2.35. The average molecular weight is 541 g/mol. The van der Waals surface area contributed by atoms with Gasteiger partial charge in [-0.3, -0.25) is 4.72 Å². The first kappa shape index (κ1) is 30.8. The monoisotopic (exact) mass is 540 g/mol. The molecule has 9 heteroatoms. The molecule has 5 nitrogen and oxygen atoms in total. The third kappa shape index (κ3) is 10.1. The predicted molar refractivity (Wildman–Crippen MR) is 144 cm³/mol. The predicted octanol–water partition coefficient (Wildman–Crippen LogP) is 7.06. The van der Waals surface area contributed by atoms with Crippen molar-refractivity contribution in [3.8, 4) is 5.75 Å². The first-order valence-electron chi connectivity index (χ1n) is 12.6. The highest BCUT2D eigenvalue weighted by molar-refractivity contribution is 7.97. The SMILES string of the molecule is CC(C)(C)OC(=O)COc1cccc2c1CCCC2.CCN(CC)c1cc(SNC)cc(C(F)(F)F)c1. The minimum atomic E-state index is -4.31. The van der Waals surface area contributed by atoms with E-state index in [0.29, 0.717) is 23.7 Å². The molecule has 0 saturated carbocycles. The molecule has 1 aliphatic rings. The van der Waals surface area contributed by atoms with E-state index in [1.165, 1.54) is 42.0 Å². The van der Waals surface area contributed by atoms with Gasteiger partial charge in [0.2, 0.25) is 0 Å². The molecule has 0 aromatic heterocycles. The third-order valence-corrected chi connectivity index (χ3v) is 6.36. The third-order valence-electron chi connectivity index (χ3n) is 5.69. The average Bonchev–Trinajstić information content (AvgIpc) is 2.82. The van der Waals surface area contributed by atoms with Gasteiger partial charge in [-0.05, 0) is 115 Å². The van der Waals surface area contributed by atoms with E-state index in [0.717, 1.165) is 24.7 Å². The molecule has 0 saturated heterocycles. The van der Waals surface area contributed by atoms with Crippen LogP contribution < -0.4 is 14.4 Å². The van der Waals surface area contributed by atoms with Crippen molar-refractivity contribution in [2.24, 2.45) is 0 Å². The summed E-state index contributed by atoms with van der Waals surface area (Å²) in [4.78, 5) is 14.1. The zero-order valence-electron chi connectivity index (χ0n) is 22.6. The lowest BCUT2D eigenvalue weighted by Crippen LogP contribution is -2.27. The van der Waals surface area contributed by atoms with E-state index in [4.69, 9.17) is 9.47 Å². The molecule has 1 N–H and O–H groups in total. The Labute approximate surface area is 223 Å². The van der Waals surface area contributed by atoms with Gasteiger partial charge in [0.15, 0.2) is 6.61 Å². The lowest BCUT2D eigenvalue weighted by Gasteiger charge is -2.23. The van der Waals surface area contributed by atoms with E-state index in [2.05, 4.69) is 10.8 Å². The number of esters is 1. The summed E-state index contributed by atoms with van der Waals surface area (Å²) < 4.78 is 52.1. The van der Waals surface area contributed by atoms with Crippen LogP contribution in [0.4, 0.5) is 18.9 Å². The Morgan fingerprint density at radius 1 is 1.05 bits per heavy atom. The molecule has 3 rings (SSSR count). The van der Waals surface area contributed by atoms with E-state index in [1.54, 1.807) is 13.1 Å². The number of anilines is 1. The Balaban J connectivity index is 0.000000261. The number of hydrogen-bond donors (Lipinski definition) is 1. The molecule has 0 aliphatic heterocycles. The second-order valence-corrected chi connectivity index (χ2v) is 10.8. The van der Waals surface area contributed by atoms with Gasteiger partial charge in [0.25, 0.3) is 0 Å². The number of carbonyl (C=O) groups is 1. The van der Waals surface area contributed by atoms with Crippen molar-refractivity contribution < 1.29 is 27.4 Å². The molecule has 0 fully saturated rings. The van der Waals surface area contributed by atoms with Crippen LogP contribution in [0.2, 0.25) is 0 Å². The van der Waals surface area contributed by atoms with Crippen molar-refractivity contribution in [3.63, 3.8) is 0 Å². The van der Waals surface area contributed by atoms with Crippen molar-refractivity contribution in [1.82, 2.24) is 4.72 Å². The van der Waals surface area contributed by atoms with Crippen LogP contribution in [-0.4, -0.2) is 38.3 Å². The van der Waals surface area contributed by atoms with Crippen LogP contribution in [0.15, 0.2) is 41.3 Å². The van der Waals surface area contributed by atoms with E-state index in [-0.39, 0.29) is 12.6 Å². The second-order valence-electron chi connectivity index (χ2n) is 9.67. The van der Waals surface area contributed by atoms with Crippen molar-refractivity contribution >= 4 is 23.6 Å². The fourth-order valence-corrected chi connectivity index (χ4v) is 4.69. The number of ether oxygens (including phenoxy) is 2. The fraction of sp³-hybridized carbons (Fsp3) is 0.536. The zero-order chi connectivity index (χ0) is 27.6. The van der Waals surface area contributed by atoms with Gasteiger partial charge in [-0.25, -0.2) is 4.79 Å². The molecule has 0 atom stereocenters. The highest BCUT2D eigenvalue weighted by atomic mass is 32.2. The number of benzene rings is 2. The summed E-state index contributed by atoms with van der Waals surface area (Å²) in [5, 5.41) is 0. The molecule has 2 aromatic rings. The topological polar surface area (TPSA) is 50.8 Å².